The number of hydrogen-bond acceptors (Lipinski definition) is 3. The molecule has 1 heterocycles. The summed E-state index contributed by atoms with van der Waals surface area (Å²) in [6, 6.07) is 7.75. The van der Waals surface area contributed by atoms with E-state index in [9.17, 15) is 0 Å². The first-order chi connectivity index (χ1) is 9.19. The molecule has 2 N–H and O–H groups in total. The van der Waals surface area contributed by atoms with E-state index in [2.05, 4.69) is 38.5 Å². The highest BCUT2D eigenvalue weighted by molar-refractivity contribution is 9.10. The molecule has 0 unspecified atom stereocenters. The van der Waals surface area contributed by atoms with Crippen LogP contribution in [0.2, 0.25) is 5.02 Å². The van der Waals surface area contributed by atoms with Gasteiger partial charge in [-0.2, -0.15) is 0 Å². The molecule has 0 aliphatic heterocycles. The van der Waals surface area contributed by atoms with Crippen LogP contribution in [0.3, 0.4) is 0 Å². The number of aromatic nitrogens is 1. The van der Waals surface area contributed by atoms with Crippen LogP contribution >= 0.6 is 27.5 Å². The summed E-state index contributed by atoms with van der Waals surface area (Å²) >= 11 is 9.56. The van der Waals surface area contributed by atoms with E-state index >= 15 is 0 Å². The Labute approximate surface area is 126 Å². The molecule has 5 heteroatoms. The summed E-state index contributed by atoms with van der Waals surface area (Å²) in [6.45, 7) is 3.06. The second-order valence-electron chi connectivity index (χ2n) is 4.14. The largest absolute Gasteiger partial charge is 0.384 e. The molecule has 0 spiro atoms. The minimum absolute atomic E-state index is 0.668. The van der Waals surface area contributed by atoms with Crippen LogP contribution in [0.15, 0.2) is 41.1 Å². The topological polar surface area (TPSA) is 37.0 Å². The van der Waals surface area contributed by atoms with E-state index < -0.39 is 0 Å². The third kappa shape index (κ3) is 4.11. The Bertz CT molecular complexity index is 560. The van der Waals surface area contributed by atoms with Crippen molar-refractivity contribution in [1.82, 2.24) is 4.98 Å². The van der Waals surface area contributed by atoms with Crippen LogP contribution in [0.4, 0.5) is 17.1 Å². The van der Waals surface area contributed by atoms with Crippen molar-refractivity contribution in [2.75, 3.05) is 17.2 Å². The molecular formula is C14H15BrClN3. The van der Waals surface area contributed by atoms with Gasteiger partial charge in [0.1, 0.15) is 0 Å². The van der Waals surface area contributed by atoms with Crippen molar-refractivity contribution in [2.24, 2.45) is 0 Å². The lowest BCUT2D eigenvalue weighted by Gasteiger charge is -2.10. The van der Waals surface area contributed by atoms with Gasteiger partial charge in [0.2, 0.25) is 0 Å². The van der Waals surface area contributed by atoms with E-state index in [0.717, 1.165) is 34.5 Å². The highest BCUT2D eigenvalue weighted by atomic mass is 79.9. The van der Waals surface area contributed by atoms with Crippen molar-refractivity contribution in [3.8, 4) is 0 Å². The number of hydrogen-bond donors (Lipinski definition) is 2. The van der Waals surface area contributed by atoms with E-state index in [1.54, 1.807) is 6.20 Å². The van der Waals surface area contributed by atoms with Gasteiger partial charge in [-0.3, -0.25) is 4.98 Å². The summed E-state index contributed by atoms with van der Waals surface area (Å²) < 4.78 is 0.958. The predicted octanol–water partition coefficient (Wildman–Crippen LogP) is 5.06. The lowest BCUT2D eigenvalue weighted by molar-refractivity contribution is 0.978. The number of benzene rings is 1. The quantitative estimate of drug-likeness (QED) is 0.798. The third-order valence-corrected chi connectivity index (χ3v) is 3.33. The molecule has 100 valence electrons. The van der Waals surface area contributed by atoms with E-state index in [1.807, 2.05) is 30.5 Å². The van der Waals surface area contributed by atoms with Crippen LogP contribution in [-0.2, 0) is 0 Å². The van der Waals surface area contributed by atoms with Crippen molar-refractivity contribution >= 4 is 44.6 Å². The summed E-state index contributed by atoms with van der Waals surface area (Å²) in [7, 11) is 0. The standard InChI is InChI=1S/C14H15BrClN3/c1-2-5-18-11-7-12(9-17-8-11)19-14-4-3-10(15)6-13(14)16/h3-4,6-9,18-19H,2,5H2,1H3. The normalized spacial score (nSPS) is 10.3. The molecule has 0 radical (unpaired) electrons. The summed E-state index contributed by atoms with van der Waals surface area (Å²) in [5.41, 5.74) is 2.77. The lowest BCUT2D eigenvalue weighted by atomic mass is 10.3. The average Bonchev–Trinajstić information content (AvgIpc) is 2.40. The third-order valence-electron chi connectivity index (χ3n) is 2.53. The molecule has 1 aromatic carbocycles. The molecule has 2 rings (SSSR count). The summed E-state index contributed by atoms with van der Waals surface area (Å²) in [4.78, 5) is 4.20. The Hall–Kier alpha value is -1.26. The molecule has 0 saturated heterocycles. The van der Waals surface area contributed by atoms with Crippen LogP contribution < -0.4 is 10.6 Å². The highest BCUT2D eigenvalue weighted by Gasteiger charge is 2.02. The van der Waals surface area contributed by atoms with Gasteiger partial charge in [-0.15, -0.1) is 0 Å². The zero-order valence-electron chi connectivity index (χ0n) is 10.6. The van der Waals surface area contributed by atoms with E-state index in [4.69, 9.17) is 11.6 Å². The SMILES string of the molecule is CCCNc1cncc(Nc2ccc(Br)cc2Cl)c1. The van der Waals surface area contributed by atoms with Crippen LogP contribution in [0.25, 0.3) is 0 Å². The zero-order chi connectivity index (χ0) is 13.7. The van der Waals surface area contributed by atoms with Gasteiger partial charge in [0, 0.05) is 11.0 Å². The van der Waals surface area contributed by atoms with Crippen LogP contribution in [0.5, 0.6) is 0 Å². The number of nitrogens with one attached hydrogen (secondary N) is 2. The first kappa shape index (κ1) is 14.2. The molecule has 0 amide bonds. The molecule has 0 saturated carbocycles. The maximum atomic E-state index is 6.17. The fourth-order valence-electron chi connectivity index (χ4n) is 1.62. The minimum Gasteiger partial charge on any atom is -0.384 e. The van der Waals surface area contributed by atoms with Gasteiger partial charge < -0.3 is 10.6 Å². The molecule has 19 heavy (non-hydrogen) atoms. The number of pyridine rings is 1. The fourth-order valence-corrected chi connectivity index (χ4v) is 2.34. The molecule has 0 atom stereocenters. The number of nitrogens with zero attached hydrogens (tertiary/aromatic N) is 1. The van der Waals surface area contributed by atoms with Gasteiger partial charge in [-0.05, 0) is 30.7 Å². The molecule has 3 nitrogen and oxygen atoms in total. The van der Waals surface area contributed by atoms with Gasteiger partial charge in [0.05, 0.1) is 34.5 Å². The second kappa shape index (κ2) is 6.78. The molecule has 2 aromatic rings. The first-order valence-corrected chi connectivity index (χ1v) is 7.27. The van der Waals surface area contributed by atoms with Crippen molar-refractivity contribution in [3.05, 3.63) is 46.2 Å². The molecule has 0 aliphatic carbocycles. The maximum Gasteiger partial charge on any atom is 0.0652 e. The number of halogens is 2. The van der Waals surface area contributed by atoms with Crippen molar-refractivity contribution < 1.29 is 0 Å². The predicted molar refractivity (Wildman–Crippen MR) is 85.5 cm³/mol. The fraction of sp³-hybridized carbons (Fsp3) is 0.214. The molecule has 0 fully saturated rings. The summed E-state index contributed by atoms with van der Waals surface area (Å²) in [5.74, 6) is 0. The number of rotatable bonds is 5. The van der Waals surface area contributed by atoms with E-state index in [1.165, 1.54) is 0 Å². The Balaban J connectivity index is 2.14. The molecule has 0 aliphatic rings. The Morgan fingerprint density at radius 2 is 2.00 bits per heavy atom. The van der Waals surface area contributed by atoms with Gasteiger partial charge in [0.25, 0.3) is 0 Å². The Morgan fingerprint density at radius 1 is 1.21 bits per heavy atom. The van der Waals surface area contributed by atoms with E-state index in [-0.39, 0.29) is 0 Å². The zero-order valence-corrected chi connectivity index (χ0v) is 12.9. The van der Waals surface area contributed by atoms with Crippen molar-refractivity contribution in [1.29, 1.82) is 0 Å². The first-order valence-electron chi connectivity index (χ1n) is 6.10. The minimum atomic E-state index is 0.668. The molecule has 1 aromatic heterocycles. The summed E-state index contributed by atoms with van der Waals surface area (Å²) in [5, 5.41) is 7.23. The highest BCUT2D eigenvalue weighted by Crippen LogP contribution is 2.28. The second-order valence-corrected chi connectivity index (χ2v) is 5.46. The Morgan fingerprint density at radius 3 is 2.74 bits per heavy atom. The number of anilines is 3. The van der Waals surface area contributed by atoms with Crippen LogP contribution in [0, 0.1) is 0 Å². The van der Waals surface area contributed by atoms with Crippen LogP contribution in [0.1, 0.15) is 13.3 Å². The monoisotopic (exact) mass is 339 g/mol. The van der Waals surface area contributed by atoms with Gasteiger partial charge in [-0.25, -0.2) is 0 Å². The molecular weight excluding hydrogens is 326 g/mol. The molecule has 0 bridgehead atoms. The lowest BCUT2D eigenvalue weighted by Crippen LogP contribution is -2.01. The van der Waals surface area contributed by atoms with Crippen molar-refractivity contribution in [2.45, 2.75) is 13.3 Å². The van der Waals surface area contributed by atoms with Gasteiger partial charge >= 0.3 is 0 Å². The van der Waals surface area contributed by atoms with Gasteiger partial charge in [0.15, 0.2) is 0 Å². The smallest absolute Gasteiger partial charge is 0.0652 e. The van der Waals surface area contributed by atoms with Crippen molar-refractivity contribution in [3.63, 3.8) is 0 Å². The summed E-state index contributed by atoms with van der Waals surface area (Å²) in [6.07, 6.45) is 4.66. The average molecular weight is 341 g/mol. The van der Waals surface area contributed by atoms with E-state index in [0.29, 0.717) is 5.02 Å². The Kier molecular flexibility index (Phi) is 5.05. The maximum absolute atomic E-state index is 6.17. The van der Waals surface area contributed by atoms with Gasteiger partial charge in [-0.1, -0.05) is 34.5 Å². The van der Waals surface area contributed by atoms with Crippen LogP contribution in [-0.4, -0.2) is 11.5 Å².